The highest BCUT2D eigenvalue weighted by Gasteiger charge is 2.39. The molecule has 9 heteroatoms. The molecular weight excluding hydrogens is 500 g/mol. The largest absolute Gasteiger partial charge is 0.480 e. The molecule has 0 saturated heterocycles. The van der Waals surface area contributed by atoms with Crippen LogP contribution < -0.4 is 0 Å². The van der Waals surface area contributed by atoms with Crippen LogP contribution in [-0.4, -0.2) is 34.1 Å². The molecule has 0 bridgehead atoms. The fourth-order valence-corrected chi connectivity index (χ4v) is 4.77. The van der Waals surface area contributed by atoms with E-state index in [-0.39, 0.29) is 16.1 Å². The molecule has 0 unspecified atom stereocenters. The highest BCUT2D eigenvalue weighted by Crippen LogP contribution is 2.38. The maximum Gasteiger partial charge on any atom is 0.436 e. The predicted molar refractivity (Wildman–Crippen MR) is 109 cm³/mol. The van der Waals surface area contributed by atoms with Crippen molar-refractivity contribution in [1.29, 1.82) is 0 Å². The zero-order valence-electron chi connectivity index (χ0n) is 15.7. The van der Waals surface area contributed by atoms with Gasteiger partial charge in [0.25, 0.3) is 0 Å². The molecule has 3 rings (SSSR count). The Balaban J connectivity index is 1.72. The van der Waals surface area contributed by atoms with Crippen molar-refractivity contribution in [3.63, 3.8) is 0 Å². The summed E-state index contributed by atoms with van der Waals surface area (Å²) >= 11 is 1.74. The van der Waals surface area contributed by atoms with Gasteiger partial charge in [-0.1, -0.05) is 30.3 Å². The van der Waals surface area contributed by atoms with Crippen LogP contribution in [0.4, 0.5) is 13.2 Å². The van der Waals surface area contributed by atoms with E-state index in [2.05, 4.69) is 5.10 Å². The van der Waals surface area contributed by atoms with Crippen molar-refractivity contribution in [3.05, 3.63) is 39.6 Å². The Labute approximate surface area is 180 Å². The summed E-state index contributed by atoms with van der Waals surface area (Å²) < 4.78 is 47.1. The number of carboxylic acid groups (broad SMARTS) is 1. The molecule has 0 amide bonds. The average molecular weight is 522 g/mol. The van der Waals surface area contributed by atoms with Gasteiger partial charge in [-0.25, -0.2) is 4.79 Å². The van der Waals surface area contributed by atoms with Crippen LogP contribution in [0, 0.1) is 15.4 Å². The number of hydrogen-bond donors (Lipinski definition) is 1. The lowest BCUT2D eigenvalue weighted by atomic mass is 9.82. The summed E-state index contributed by atoms with van der Waals surface area (Å²) in [5, 5.41) is 12.6. The first kappa shape index (κ1) is 22.1. The van der Waals surface area contributed by atoms with E-state index in [0.29, 0.717) is 24.8 Å². The molecule has 158 valence electrons. The Bertz CT molecular complexity index is 831. The number of aliphatic carboxylic acids is 1. The molecular formula is C20H22F3IN2O3. The molecule has 0 spiro atoms. The van der Waals surface area contributed by atoms with Crippen LogP contribution in [0.25, 0.3) is 11.3 Å². The number of hydrogen-bond acceptors (Lipinski definition) is 3. The van der Waals surface area contributed by atoms with Gasteiger partial charge >= 0.3 is 12.1 Å². The van der Waals surface area contributed by atoms with E-state index in [9.17, 15) is 18.0 Å². The highest BCUT2D eigenvalue weighted by molar-refractivity contribution is 14.1. The molecule has 1 aliphatic carbocycles. The van der Waals surface area contributed by atoms with E-state index < -0.39 is 17.8 Å². The summed E-state index contributed by atoms with van der Waals surface area (Å²) in [6.07, 6.45) is -1.05. The summed E-state index contributed by atoms with van der Waals surface area (Å²) in [5.41, 5.74) is 0.383. The molecule has 1 aromatic carbocycles. The third-order valence-corrected chi connectivity index (χ3v) is 6.21. The predicted octanol–water partition coefficient (Wildman–Crippen LogP) is 5.08. The molecule has 2 aromatic rings. The number of ether oxygens (including phenoxy) is 1. The molecule has 0 radical (unpaired) electrons. The van der Waals surface area contributed by atoms with Crippen LogP contribution in [0.5, 0.6) is 0 Å². The first-order chi connectivity index (χ1) is 13.8. The lowest BCUT2D eigenvalue weighted by Gasteiger charge is -2.28. The second-order valence-electron chi connectivity index (χ2n) is 7.35. The molecule has 0 aliphatic heterocycles. The summed E-state index contributed by atoms with van der Waals surface area (Å²) in [4.78, 5) is 10.5. The van der Waals surface area contributed by atoms with Gasteiger partial charge in [-0.2, -0.15) is 18.3 Å². The zero-order chi connectivity index (χ0) is 21.0. The minimum absolute atomic E-state index is 0.122. The number of benzene rings is 1. The minimum Gasteiger partial charge on any atom is -0.480 e. The molecule has 1 heterocycles. The van der Waals surface area contributed by atoms with Gasteiger partial charge in [0.15, 0.2) is 5.69 Å². The number of alkyl halides is 3. The van der Waals surface area contributed by atoms with Gasteiger partial charge in [-0.05, 0) is 60.1 Å². The molecule has 1 N–H and O–H groups in total. The first-order valence-electron chi connectivity index (χ1n) is 9.44. The fourth-order valence-electron chi connectivity index (χ4n) is 3.76. The molecule has 1 saturated carbocycles. The lowest BCUT2D eigenvalue weighted by Crippen LogP contribution is -2.23. The van der Waals surface area contributed by atoms with Crippen LogP contribution >= 0.6 is 22.6 Å². The normalized spacial score (nSPS) is 20.0. The van der Waals surface area contributed by atoms with Gasteiger partial charge in [-0.15, -0.1) is 0 Å². The second-order valence-corrected chi connectivity index (χ2v) is 8.43. The van der Waals surface area contributed by atoms with Crippen molar-refractivity contribution in [2.75, 3.05) is 13.2 Å². The van der Waals surface area contributed by atoms with E-state index >= 15 is 0 Å². The fraction of sp³-hybridized carbons (Fsp3) is 0.500. The Morgan fingerprint density at radius 1 is 1.17 bits per heavy atom. The van der Waals surface area contributed by atoms with Gasteiger partial charge < -0.3 is 9.84 Å². The third-order valence-electron chi connectivity index (χ3n) is 5.19. The van der Waals surface area contributed by atoms with Gasteiger partial charge in [0.1, 0.15) is 6.61 Å². The Kier molecular flexibility index (Phi) is 7.20. The van der Waals surface area contributed by atoms with Gasteiger partial charge in [0.05, 0.1) is 15.9 Å². The van der Waals surface area contributed by atoms with Gasteiger partial charge in [0, 0.05) is 12.1 Å². The maximum atomic E-state index is 13.4. The Morgan fingerprint density at radius 2 is 1.79 bits per heavy atom. The Hall–Kier alpha value is -1.62. The van der Waals surface area contributed by atoms with Crippen molar-refractivity contribution < 1.29 is 27.8 Å². The third kappa shape index (κ3) is 5.71. The van der Waals surface area contributed by atoms with Gasteiger partial charge in [-0.3, -0.25) is 4.68 Å². The number of aromatic nitrogens is 2. The summed E-state index contributed by atoms with van der Waals surface area (Å²) in [7, 11) is 0. The van der Waals surface area contributed by atoms with Crippen LogP contribution in [0.3, 0.4) is 0 Å². The van der Waals surface area contributed by atoms with Crippen molar-refractivity contribution in [3.8, 4) is 11.3 Å². The lowest BCUT2D eigenvalue weighted by molar-refractivity contribution is -0.143. The summed E-state index contributed by atoms with van der Waals surface area (Å²) in [5.74, 6) is -0.464. The van der Waals surface area contributed by atoms with E-state index in [0.717, 1.165) is 31.2 Å². The second kappa shape index (κ2) is 9.46. The number of halogens is 4. The number of carbonyl (C=O) groups is 1. The highest BCUT2D eigenvalue weighted by atomic mass is 127. The number of carboxylic acids is 1. The van der Waals surface area contributed by atoms with Crippen LogP contribution in [0.15, 0.2) is 30.3 Å². The average Bonchev–Trinajstić information content (AvgIpc) is 3.00. The van der Waals surface area contributed by atoms with Crippen molar-refractivity contribution in [2.24, 2.45) is 11.8 Å². The van der Waals surface area contributed by atoms with E-state index in [1.165, 1.54) is 4.68 Å². The van der Waals surface area contributed by atoms with Crippen LogP contribution in [0.1, 0.15) is 31.4 Å². The summed E-state index contributed by atoms with van der Waals surface area (Å²) in [6.45, 7) is 0.539. The maximum absolute atomic E-state index is 13.4. The molecule has 1 fully saturated rings. The SMILES string of the molecule is O=C(O)COCC1CCC(Cn2nc(C(F)(F)F)c(I)c2-c2ccccc2)CC1. The van der Waals surface area contributed by atoms with Crippen molar-refractivity contribution in [1.82, 2.24) is 9.78 Å². The standard InChI is InChI=1S/C20H22F3IN2O3/c21-20(22,23)19-17(24)18(15-4-2-1-3-5-15)26(25-19)10-13-6-8-14(9-7-13)11-29-12-16(27)28/h1-5,13-14H,6-12H2,(H,27,28). The van der Waals surface area contributed by atoms with E-state index in [1.54, 1.807) is 46.9 Å². The quantitative estimate of drug-likeness (QED) is 0.516. The number of nitrogens with zero attached hydrogens (tertiary/aromatic N) is 2. The zero-order valence-corrected chi connectivity index (χ0v) is 17.8. The monoisotopic (exact) mass is 522 g/mol. The van der Waals surface area contributed by atoms with Crippen molar-refractivity contribution >= 4 is 28.6 Å². The van der Waals surface area contributed by atoms with E-state index in [4.69, 9.17) is 9.84 Å². The molecule has 1 aromatic heterocycles. The smallest absolute Gasteiger partial charge is 0.436 e. The molecule has 1 aliphatic rings. The summed E-state index contributed by atoms with van der Waals surface area (Å²) in [6, 6.07) is 9.03. The van der Waals surface area contributed by atoms with Gasteiger partial charge in [0.2, 0.25) is 0 Å². The van der Waals surface area contributed by atoms with E-state index in [1.807, 2.05) is 6.07 Å². The molecule has 0 atom stereocenters. The van der Waals surface area contributed by atoms with Crippen LogP contribution in [0.2, 0.25) is 0 Å². The van der Waals surface area contributed by atoms with Crippen molar-refractivity contribution in [2.45, 2.75) is 38.4 Å². The first-order valence-corrected chi connectivity index (χ1v) is 10.5. The Morgan fingerprint density at radius 3 is 2.38 bits per heavy atom. The molecule has 29 heavy (non-hydrogen) atoms. The minimum atomic E-state index is -4.50. The molecule has 5 nitrogen and oxygen atoms in total. The number of rotatable bonds is 7. The van der Waals surface area contributed by atoms with Crippen LogP contribution in [-0.2, 0) is 22.3 Å². The topological polar surface area (TPSA) is 64.3 Å².